The minimum absolute atomic E-state index is 0.0968. The quantitative estimate of drug-likeness (QED) is 0.707. The van der Waals surface area contributed by atoms with Crippen LogP contribution in [0.15, 0.2) is 42.5 Å². The van der Waals surface area contributed by atoms with Gasteiger partial charge in [0.15, 0.2) is 0 Å². The van der Waals surface area contributed by atoms with Crippen molar-refractivity contribution in [2.24, 2.45) is 11.8 Å². The highest BCUT2D eigenvalue weighted by Gasteiger charge is 2.42. The normalized spacial score (nSPS) is 20.4. The van der Waals surface area contributed by atoms with Crippen molar-refractivity contribution in [3.05, 3.63) is 59.3 Å². The van der Waals surface area contributed by atoms with E-state index in [0.29, 0.717) is 19.0 Å². The molecule has 2 aromatic rings. The molecule has 0 spiro atoms. The molecule has 5 rings (SSSR count). The Morgan fingerprint density at radius 1 is 1.09 bits per heavy atom. The first kappa shape index (κ1) is 21.9. The van der Waals surface area contributed by atoms with Crippen molar-refractivity contribution in [3.8, 4) is 0 Å². The first-order valence-electron chi connectivity index (χ1n) is 12.1. The Kier molecular flexibility index (Phi) is 6.31. The predicted octanol–water partition coefficient (Wildman–Crippen LogP) is 2.98. The predicted molar refractivity (Wildman–Crippen MR) is 126 cm³/mol. The van der Waals surface area contributed by atoms with Crippen molar-refractivity contribution in [3.63, 3.8) is 0 Å². The minimum atomic E-state index is -0.862. The van der Waals surface area contributed by atoms with Crippen LogP contribution in [-0.2, 0) is 22.4 Å². The molecule has 3 aliphatic heterocycles. The fourth-order valence-corrected chi connectivity index (χ4v) is 5.42. The summed E-state index contributed by atoms with van der Waals surface area (Å²) in [6, 6.07) is 13.0. The molecular weight excluding hydrogens is 416 g/mol. The number of carboxylic acids is 1. The second kappa shape index (κ2) is 9.51. The molecule has 1 aromatic carbocycles. The fraction of sp³-hybridized carbons (Fsp3) is 0.500. The first-order chi connectivity index (χ1) is 16.1. The molecule has 0 unspecified atom stereocenters. The molecule has 33 heavy (non-hydrogen) atoms. The van der Waals surface area contributed by atoms with Gasteiger partial charge in [0.1, 0.15) is 11.9 Å². The number of nitrogens with one attached hydrogen (secondary N) is 1. The van der Waals surface area contributed by atoms with Crippen molar-refractivity contribution < 1.29 is 14.7 Å². The number of fused-ring (bicyclic) bond motifs is 1. The highest BCUT2D eigenvalue weighted by atomic mass is 16.4. The van der Waals surface area contributed by atoms with E-state index in [1.807, 2.05) is 40.1 Å². The van der Waals surface area contributed by atoms with Crippen LogP contribution < -0.4 is 5.32 Å². The maximum atomic E-state index is 13.0. The Bertz CT molecular complexity index is 998. The molecule has 2 saturated heterocycles. The molecule has 1 amide bonds. The van der Waals surface area contributed by atoms with Crippen molar-refractivity contribution in [1.29, 1.82) is 0 Å². The second-order valence-electron chi connectivity index (χ2n) is 9.62. The topological polar surface area (TPSA) is 85.8 Å². The molecule has 4 heterocycles. The minimum Gasteiger partial charge on any atom is -0.480 e. The van der Waals surface area contributed by atoms with Gasteiger partial charge in [-0.2, -0.15) is 0 Å². The van der Waals surface area contributed by atoms with Gasteiger partial charge in [-0.05, 0) is 55.2 Å². The summed E-state index contributed by atoms with van der Waals surface area (Å²) in [5.41, 5.74) is 3.23. The zero-order chi connectivity index (χ0) is 22.8. The highest BCUT2D eigenvalue weighted by Crippen LogP contribution is 2.31. The number of aryl methyl sites for hydroxylation is 1. The van der Waals surface area contributed by atoms with E-state index in [1.165, 1.54) is 12.0 Å². The molecule has 0 aliphatic carbocycles. The van der Waals surface area contributed by atoms with Crippen LogP contribution in [0.5, 0.6) is 0 Å². The molecule has 2 N–H and O–H groups in total. The molecule has 1 aromatic heterocycles. The fourth-order valence-electron chi connectivity index (χ4n) is 5.42. The number of anilines is 1. The van der Waals surface area contributed by atoms with Crippen LogP contribution in [0.25, 0.3) is 0 Å². The maximum Gasteiger partial charge on any atom is 0.325 e. The summed E-state index contributed by atoms with van der Waals surface area (Å²) in [4.78, 5) is 33.6. The average molecular weight is 449 g/mol. The number of piperidine rings is 1. The average Bonchev–Trinajstić information content (AvgIpc) is 2.81. The molecule has 0 saturated carbocycles. The van der Waals surface area contributed by atoms with Gasteiger partial charge >= 0.3 is 5.97 Å². The third-order valence-electron chi connectivity index (χ3n) is 7.35. The molecule has 7 heteroatoms. The summed E-state index contributed by atoms with van der Waals surface area (Å²) in [7, 11) is 0. The monoisotopic (exact) mass is 448 g/mol. The Labute approximate surface area is 194 Å². The van der Waals surface area contributed by atoms with E-state index in [4.69, 9.17) is 4.98 Å². The zero-order valence-electron chi connectivity index (χ0n) is 18.9. The van der Waals surface area contributed by atoms with Crippen molar-refractivity contribution in [2.45, 2.75) is 38.1 Å². The van der Waals surface area contributed by atoms with Crippen LogP contribution in [0.2, 0.25) is 0 Å². The number of pyridine rings is 1. The van der Waals surface area contributed by atoms with Gasteiger partial charge < -0.3 is 15.3 Å². The number of amides is 1. The van der Waals surface area contributed by atoms with E-state index in [2.05, 4.69) is 17.4 Å². The van der Waals surface area contributed by atoms with E-state index in [-0.39, 0.29) is 11.8 Å². The van der Waals surface area contributed by atoms with E-state index in [1.54, 1.807) is 0 Å². The van der Waals surface area contributed by atoms with Gasteiger partial charge in [0.05, 0.1) is 5.92 Å². The summed E-state index contributed by atoms with van der Waals surface area (Å²) in [5, 5.41) is 13.1. The SMILES string of the molecule is O=C(O)[C@H](c1ccccc1)N1CC(C(=O)N2CCC(Cc3ccc4c(n3)NCCC4)CC2)C1. The van der Waals surface area contributed by atoms with Gasteiger partial charge in [-0.3, -0.25) is 14.5 Å². The van der Waals surface area contributed by atoms with Crippen molar-refractivity contribution >= 4 is 17.7 Å². The lowest BCUT2D eigenvalue weighted by atomic mass is 9.89. The van der Waals surface area contributed by atoms with Crippen LogP contribution in [0, 0.1) is 11.8 Å². The third kappa shape index (κ3) is 4.74. The number of likely N-dealkylation sites (tertiary alicyclic amines) is 2. The van der Waals surface area contributed by atoms with Crippen molar-refractivity contribution in [2.75, 3.05) is 38.0 Å². The Hall–Kier alpha value is -2.93. The van der Waals surface area contributed by atoms with Crippen LogP contribution >= 0.6 is 0 Å². The lowest BCUT2D eigenvalue weighted by Crippen LogP contribution is -2.57. The number of aliphatic carboxylic acids is 1. The number of hydrogen-bond donors (Lipinski definition) is 2. The summed E-state index contributed by atoms with van der Waals surface area (Å²) < 4.78 is 0. The highest BCUT2D eigenvalue weighted by molar-refractivity contribution is 5.81. The molecule has 7 nitrogen and oxygen atoms in total. The third-order valence-corrected chi connectivity index (χ3v) is 7.35. The molecule has 0 radical (unpaired) electrons. The number of nitrogens with zero attached hydrogens (tertiary/aromatic N) is 3. The van der Waals surface area contributed by atoms with Crippen molar-refractivity contribution in [1.82, 2.24) is 14.8 Å². The number of hydrogen-bond acceptors (Lipinski definition) is 5. The summed E-state index contributed by atoms with van der Waals surface area (Å²) in [5.74, 6) is 0.823. The van der Waals surface area contributed by atoms with E-state index in [0.717, 1.165) is 62.4 Å². The second-order valence-corrected chi connectivity index (χ2v) is 9.62. The molecule has 3 aliphatic rings. The van der Waals surface area contributed by atoms with Crippen LogP contribution in [0.4, 0.5) is 5.82 Å². The Morgan fingerprint density at radius 3 is 2.58 bits per heavy atom. The van der Waals surface area contributed by atoms with Gasteiger partial charge in [-0.15, -0.1) is 0 Å². The van der Waals surface area contributed by atoms with Gasteiger partial charge in [0, 0.05) is 38.4 Å². The van der Waals surface area contributed by atoms with Gasteiger partial charge in [-0.25, -0.2) is 4.98 Å². The van der Waals surface area contributed by atoms with E-state index < -0.39 is 12.0 Å². The number of aromatic nitrogens is 1. The molecule has 174 valence electrons. The standard InChI is InChI=1S/C26H32N4O3/c31-25(21-16-30(17-21)23(26(32)33)19-5-2-1-3-6-19)29-13-10-18(11-14-29)15-22-9-8-20-7-4-12-27-24(20)28-22/h1-3,5-6,8-9,18,21,23H,4,7,10-17H2,(H,27,28)(H,32,33)/t23-/m0/s1. The van der Waals surface area contributed by atoms with E-state index >= 15 is 0 Å². The summed E-state index contributed by atoms with van der Waals surface area (Å²) in [6.07, 6.45) is 5.23. The first-order valence-corrected chi connectivity index (χ1v) is 12.1. The molecule has 0 bridgehead atoms. The number of carbonyl (C=O) groups is 2. The molecular formula is C26H32N4O3. The summed E-state index contributed by atoms with van der Waals surface area (Å²) in [6.45, 7) is 3.59. The van der Waals surface area contributed by atoms with Gasteiger partial charge in [-0.1, -0.05) is 36.4 Å². The Balaban J connectivity index is 1.11. The molecule has 1 atom stereocenters. The van der Waals surface area contributed by atoms with Crippen LogP contribution in [-0.4, -0.2) is 64.5 Å². The lowest BCUT2D eigenvalue weighted by molar-refractivity contribution is -0.153. The van der Waals surface area contributed by atoms with Crippen LogP contribution in [0.1, 0.15) is 42.1 Å². The largest absolute Gasteiger partial charge is 0.480 e. The molecule has 2 fully saturated rings. The number of carboxylic acid groups (broad SMARTS) is 1. The number of carbonyl (C=O) groups excluding carboxylic acids is 1. The maximum absolute atomic E-state index is 13.0. The van der Waals surface area contributed by atoms with Gasteiger partial charge in [0.25, 0.3) is 0 Å². The van der Waals surface area contributed by atoms with E-state index in [9.17, 15) is 14.7 Å². The lowest BCUT2D eigenvalue weighted by Gasteiger charge is -2.44. The number of benzene rings is 1. The smallest absolute Gasteiger partial charge is 0.325 e. The number of rotatable bonds is 6. The van der Waals surface area contributed by atoms with Crippen LogP contribution in [0.3, 0.4) is 0 Å². The zero-order valence-corrected chi connectivity index (χ0v) is 18.9. The Morgan fingerprint density at radius 2 is 1.85 bits per heavy atom. The summed E-state index contributed by atoms with van der Waals surface area (Å²) >= 11 is 0. The van der Waals surface area contributed by atoms with Gasteiger partial charge in [0.2, 0.25) is 5.91 Å².